The van der Waals surface area contributed by atoms with Crippen molar-refractivity contribution in [2.75, 3.05) is 6.61 Å². The molecule has 0 heterocycles. The zero-order valence-electron chi connectivity index (χ0n) is 13.1. The van der Waals surface area contributed by atoms with Gasteiger partial charge in [-0.2, -0.15) is 0 Å². The van der Waals surface area contributed by atoms with Gasteiger partial charge in [0.2, 0.25) is 0 Å². The molecule has 0 saturated heterocycles. The summed E-state index contributed by atoms with van der Waals surface area (Å²) in [5, 5.41) is 11.8. The van der Waals surface area contributed by atoms with Crippen LogP contribution in [0, 0.1) is 13.8 Å². The largest absolute Gasteiger partial charge is 0.483 e. The van der Waals surface area contributed by atoms with E-state index >= 15 is 0 Å². The minimum Gasteiger partial charge on any atom is -0.483 e. The molecule has 0 fully saturated rings. The van der Waals surface area contributed by atoms with Crippen LogP contribution in [0.4, 0.5) is 0 Å². The normalized spacial score (nSPS) is 11.6. The maximum Gasteiger partial charge on any atom is 0.330 e. The summed E-state index contributed by atoms with van der Waals surface area (Å²) in [5.41, 5.74) is 2.37. The van der Waals surface area contributed by atoms with Gasteiger partial charge < -0.3 is 15.2 Å². The number of amides is 1. The fourth-order valence-electron chi connectivity index (χ4n) is 2.30. The van der Waals surface area contributed by atoms with E-state index in [2.05, 4.69) is 5.32 Å². The monoisotopic (exact) mass is 313 g/mol. The molecule has 2 aromatic rings. The van der Waals surface area contributed by atoms with E-state index in [1.54, 1.807) is 30.3 Å². The van der Waals surface area contributed by atoms with Crippen molar-refractivity contribution in [3.05, 3.63) is 65.2 Å². The molecule has 2 rings (SSSR count). The van der Waals surface area contributed by atoms with Gasteiger partial charge in [0.15, 0.2) is 12.6 Å². The number of para-hydroxylation sites is 1. The average Bonchev–Trinajstić information content (AvgIpc) is 2.52. The smallest absolute Gasteiger partial charge is 0.330 e. The summed E-state index contributed by atoms with van der Waals surface area (Å²) in [6, 6.07) is 13.2. The quantitative estimate of drug-likeness (QED) is 0.859. The molecular weight excluding hydrogens is 294 g/mol. The summed E-state index contributed by atoms with van der Waals surface area (Å²) in [6.07, 6.45) is 0. The number of rotatable bonds is 6. The van der Waals surface area contributed by atoms with Crippen LogP contribution in [0.15, 0.2) is 48.5 Å². The first kappa shape index (κ1) is 16.5. The van der Waals surface area contributed by atoms with Crippen LogP contribution < -0.4 is 10.1 Å². The summed E-state index contributed by atoms with van der Waals surface area (Å²) in [7, 11) is 0. The molecule has 0 aliphatic heterocycles. The van der Waals surface area contributed by atoms with Crippen molar-refractivity contribution in [1.82, 2.24) is 5.32 Å². The second kappa shape index (κ2) is 7.45. The predicted octanol–water partition coefficient (Wildman–Crippen LogP) is 2.62. The van der Waals surface area contributed by atoms with Gasteiger partial charge in [0.25, 0.3) is 5.91 Å². The summed E-state index contributed by atoms with van der Waals surface area (Å²) < 4.78 is 5.54. The first-order valence-corrected chi connectivity index (χ1v) is 7.25. The Balaban J connectivity index is 2.02. The molecule has 0 aliphatic rings. The minimum atomic E-state index is -1.11. The van der Waals surface area contributed by atoms with E-state index in [1.807, 2.05) is 32.0 Å². The molecule has 0 bridgehead atoms. The van der Waals surface area contributed by atoms with Crippen molar-refractivity contribution in [1.29, 1.82) is 0 Å². The number of hydrogen-bond acceptors (Lipinski definition) is 3. The van der Waals surface area contributed by atoms with E-state index in [4.69, 9.17) is 4.74 Å². The number of aryl methyl sites for hydroxylation is 2. The molecule has 1 atom stereocenters. The number of benzene rings is 2. The zero-order valence-corrected chi connectivity index (χ0v) is 13.1. The average molecular weight is 313 g/mol. The molecule has 120 valence electrons. The number of ether oxygens (including phenoxy) is 1. The molecule has 1 unspecified atom stereocenters. The molecular formula is C18H19NO4. The van der Waals surface area contributed by atoms with Gasteiger partial charge in [-0.15, -0.1) is 0 Å². The Bertz CT molecular complexity index is 677. The SMILES string of the molecule is Cc1cccc(C)c1OCC(=O)NC(C(=O)O)c1ccccc1. The Kier molecular flexibility index (Phi) is 5.36. The number of carboxylic acid groups (broad SMARTS) is 1. The Morgan fingerprint density at radius 3 is 2.22 bits per heavy atom. The van der Waals surface area contributed by atoms with Gasteiger partial charge in [-0.3, -0.25) is 4.79 Å². The molecule has 0 saturated carbocycles. The second-order valence-corrected chi connectivity index (χ2v) is 5.26. The summed E-state index contributed by atoms with van der Waals surface area (Å²) in [4.78, 5) is 23.4. The van der Waals surface area contributed by atoms with Gasteiger partial charge in [-0.25, -0.2) is 4.79 Å². The highest BCUT2D eigenvalue weighted by molar-refractivity contribution is 5.85. The second-order valence-electron chi connectivity index (χ2n) is 5.26. The van der Waals surface area contributed by atoms with E-state index in [1.165, 1.54) is 0 Å². The third-order valence-electron chi connectivity index (χ3n) is 3.44. The molecule has 2 aromatic carbocycles. The topological polar surface area (TPSA) is 75.6 Å². The number of hydrogen-bond donors (Lipinski definition) is 2. The molecule has 23 heavy (non-hydrogen) atoms. The summed E-state index contributed by atoms with van der Waals surface area (Å²) >= 11 is 0. The van der Waals surface area contributed by atoms with Gasteiger partial charge in [0.1, 0.15) is 5.75 Å². The maximum atomic E-state index is 12.0. The Morgan fingerprint density at radius 2 is 1.65 bits per heavy atom. The minimum absolute atomic E-state index is 0.234. The standard InChI is InChI=1S/C18H19NO4/c1-12-7-6-8-13(2)17(12)23-11-15(20)19-16(18(21)22)14-9-4-3-5-10-14/h3-10,16H,11H2,1-2H3,(H,19,20)(H,21,22). The lowest BCUT2D eigenvalue weighted by molar-refractivity contribution is -0.142. The van der Waals surface area contributed by atoms with Gasteiger partial charge >= 0.3 is 5.97 Å². The zero-order chi connectivity index (χ0) is 16.8. The lowest BCUT2D eigenvalue weighted by Crippen LogP contribution is -2.36. The Hall–Kier alpha value is -2.82. The summed E-state index contributed by atoms with van der Waals surface area (Å²) in [6.45, 7) is 3.55. The molecule has 1 amide bonds. The molecule has 0 aromatic heterocycles. The molecule has 0 radical (unpaired) electrons. The highest BCUT2D eigenvalue weighted by atomic mass is 16.5. The molecule has 5 heteroatoms. The van der Waals surface area contributed by atoms with Crippen LogP contribution in [-0.2, 0) is 9.59 Å². The predicted molar refractivity (Wildman–Crippen MR) is 86.4 cm³/mol. The van der Waals surface area contributed by atoms with Crippen LogP contribution >= 0.6 is 0 Å². The fraction of sp³-hybridized carbons (Fsp3) is 0.222. The number of carboxylic acids is 1. The van der Waals surface area contributed by atoms with E-state index in [0.717, 1.165) is 11.1 Å². The van der Waals surface area contributed by atoms with E-state index in [0.29, 0.717) is 11.3 Å². The number of carbonyl (C=O) groups excluding carboxylic acids is 1. The molecule has 0 aliphatic carbocycles. The van der Waals surface area contributed by atoms with Gasteiger partial charge in [-0.1, -0.05) is 48.5 Å². The van der Waals surface area contributed by atoms with Crippen molar-refractivity contribution >= 4 is 11.9 Å². The maximum absolute atomic E-state index is 12.0. The highest BCUT2D eigenvalue weighted by Crippen LogP contribution is 2.22. The van der Waals surface area contributed by atoms with Crippen molar-refractivity contribution in [2.45, 2.75) is 19.9 Å². The lowest BCUT2D eigenvalue weighted by Gasteiger charge is -2.16. The first-order valence-electron chi connectivity index (χ1n) is 7.25. The van der Waals surface area contributed by atoms with Crippen LogP contribution in [0.1, 0.15) is 22.7 Å². The fourth-order valence-corrected chi connectivity index (χ4v) is 2.30. The number of carbonyl (C=O) groups is 2. The van der Waals surface area contributed by atoms with E-state index in [-0.39, 0.29) is 6.61 Å². The van der Waals surface area contributed by atoms with E-state index in [9.17, 15) is 14.7 Å². The number of aliphatic carboxylic acids is 1. The van der Waals surface area contributed by atoms with Crippen LogP contribution in [0.5, 0.6) is 5.75 Å². The van der Waals surface area contributed by atoms with Gasteiger partial charge in [-0.05, 0) is 30.5 Å². The van der Waals surface area contributed by atoms with Gasteiger partial charge in [0, 0.05) is 0 Å². The molecule has 0 spiro atoms. The molecule has 5 nitrogen and oxygen atoms in total. The van der Waals surface area contributed by atoms with Crippen LogP contribution in [-0.4, -0.2) is 23.6 Å². The Morgan fingerprint density at radius 1 is 1.04 bits per heavy atom. The van der Waals surface area contributed by atoms with Crippen LogP contribution in [0.2, 0.25) is 0 Å². The first-order chi connectivity index (χ1) is 11.0. The van der Waals surface area contributed by atoms with Crippen molar-refractivity contribution in [3.8, 4) is 5.75 Å². The molecule has 2 N–H and O–H groups in total. The highest BCUT2D eigenvalue weighted by Gasteiger charge is 2.22. The van der Waals surface area contributed by atoms with Crippen molar-refractivity contribution in [2.24, 2.45) is 0 Å². The van der Waals surface area contributed by atoms with Crippen LogP contribution in [0.3, 0.4) is 0 Å². The van der Waals surface area contributed by atoms with Gasteiger partial charge in [0.05, 0.1) is 0 Å². The van der Waals surface area contributed by atoms with Crippen LogP contribution in [0.25, 0.3) is 0 Å². The number of nitrogens with one attached hydrogen (secondary N) is 1. The van der Waals surface area contributed by atoms with Crippen molar-refractivity contribution < 1.29 is 19.4 Å². The third kappa shape index (κ3) is 4.32. The Labute approximate surface area is 134 Å². The van der Waals surface area contributed by atoms with E-state index < -0.39 is 17.9 Å². The lowest BCUT2D eigenvalue weighted by atomic mass is 10.1. The third-order valence-corrected chi connectivity index (χ3v) is 3.44. The summed E-state index contributed by atoms with van der Waals surface area (Å²) in [5.74, 6) is -0.949. The van der Waals surface area contributed by atoms with Crippen molar-refractivity contribution in [3.63, 3.8) is 0 Å².